The standard InChI is InChI=1S/C30H49N9O2/c1-6-22(2)9-7-11-25(33-23(3)20-31-4)27-21-39-30(34-27)35-28(38-15-13-37(14-16-38)17-18-41-5)26(36-39)19-24-10-8-12-32-29(24)40/h20-22,24-25,33H,3,6-19H2,1-2,4-5H3,(H,32,40). The molecule has 3 atom stereocenters. The third-order valence-electron chi connectivity index (χ3n) is 8.39. The topological polar surface area (TPSA) is 112 Å². The van der Waals surface area contributed by atoms with Crippen LogP contribution in [0.1, 0.15) is 69.8 Å². The third kappa shape index (κ3) is 8.48. The number of carbonyl (C=O) groups is 1. The molecule has 0 radical (unpaired) electrons. The number of methoxy groups -OCH3 is 1. The summed E-state index contributed by atoms with van der Waals surface area (Å²) < 4.78 is 7.07. The van der Waals surface area contributed by atoms with Crippen LogP contribution in [0, 0.1) is 11.8 Å². The predicted octanol–water partition coefficient (Wildman–Crippen LogP) is 3.02. The van der Waals surface area contributed by atoms with E-state index in [9.17, 15) is 4.79 Å². The summed E-state index contributed by atoms with van der Waals surface area (Å²) in [5.74, 6) is 2.14. The Balaban J connectivity index is 1.62. The first-order valence-electron chi connectivity index (χ1n) is 15.3. The van der Waals surface area contributed by atoms with Gasteiger partial charge in [0.15, 0.2) is 5.82 Å². The molecule has 2 fully saturated rings. The van der Waals surface area contributed by atoms with E-state index < -0.39 is 0 Å². The average molecular weight is 568 g/mol. The predicted molar refractivity (Wildman–Crippen MR) is 163 cm³/mol. The van der Waals surface area contributed by atoms with E-state index >= 15 is 0 Å². The molecule has 3 unspecified atom stereocenters. The second kappa shape index (κ2) is 15.3. The first-order valence-corrected chi connectivity index (χ1v) is 15.3. The summed E-state index contributed by atoms with van der Waals surface area (Å²) in [4.78, 5) is 31.6. The number of aromatic nitrogens is 4. The van der Waals surface area contributed by atoms with Gasteiger partial charge in [0, 0.05) is 77.7 Å². The molecule has 1 amide bonds. The normalized spacial score (nSPS) is 20.0. The first kappa shape index (κ1) is 30.9. The van der Waals surface area contributed by atoms with E-state index in [1.807, 2.05) is 6.20 Å². The SMILES string of the molecule is C=C(C=NC)NC(CCCC(C)CC)c1cn2nc(CC3CCCNC3=O)c(N3CCN(CCOC)CC3)nc2n1. The van der Waals surface area contributed by atoms with Gasteiger partial charge in [-0.15, -0.1) is 0 Å². The zero-order chi connectivity index (χ0) is 29.2. The lowest BCUT2D eigenvalue weighted by atomic mass is 9.93. The molecule has 0 saturated carbocycles. The van der Waals surface area contributed by atoms with Crippen LogP contribution < -0.4 is 15.5 Å². The van der Waals surface area contributed by atoms with Crippen molar-refractivity contribution in [3.05, 3.63) is 29.9 Å². The highest BCUT2D eigenvalue weighted by Crippen LogP contribution is 2.27. The molecule has 226 valence electrons. The van der Waals surface area contributed by atoms with Crippen LogP contribution in [0.5, 0.6) is 0 Å². The van der Waals surface area contributed by atoms with Crippen molar-refractivity contribution in [1.82, 2.24) is 35.1 Å². The number of fused-ring (bicyclic) bond motifs is 1. The van der Waals surface area contributed by atoms with Gasteiger partial charge in [-0.2, -0.15) is 10.1 Å². The minimum absolute atomic E-state index is 0.0200. The van der Waals surface area contributed by atoms with Crippen molar-refractivity contribution in [1.29, 1.82) is 0 Å². The number of ether oxygens (including phenoxy) is 1. The second-order valence-corrected chi connectivity index (χ2v) is 11.5. The summed E-state index contributed by atoms with van der Waals surface area (Å²) in [6.07, 6.45) is 10.5. The Labute approximate surface area is 244 Å². The number of imidazole rings is 1. The van der Waals surface area contributed by atoms with Crippen LogP contribution in [0.15, 0.2) is 23.5 Å². The number of anilines is 1. The van der Waals surface area contributed by atoms with Gasteiger partial charge in [0.2, 0.25) is 5.91 Å². The fourth-order valence-corrected chi connectivity index (χ4v) is 5.67. The van der Waals surface area contributed by atoms with Crippen molar-refractivity contribution >= 4 is 23.7 Å². The smallest absolute Gasteiger partial charge is 0.252 e. The molecule has 4 rings (SSSR count). The zero-order valence-corrected chi connectivity index (χ0v) is 25.4. The molecular formula is C30H49N9O2. The minimum atomic E-state index is -0.0909. The summed E-state index contributed by atoms with van der Waals surface area (Å²) in [7, 11) is 3.49. The third-order valence-corrected chi connectivity index (χ3v) is 8.39. The molecule has 0 aliphatic carbocycles. The molecule has 11 nitrogen and oxygen atoms in total. The maximum Gasteiger partial charge on any atom is 0.252 e. The minimum Gasteiger partial charge on any atom is -0.383 e. The van der Waals surface area contributed by atoms with Crippen LogP contribution in [-0.4, -0.2) is 96.6 Å². The molecule has 0 spiro atoms. The molecular weight excluding hydrogens is 518 g/mol. The number of allylic oxidation sites excluding steroid dienone is 1. The van der Waals surface area contributed by atoms with Gasteiger partial charge in [-0.1, -0.05) is 39.7 Å². The Morgan fingerprint density at radius 2 is 2.10 bits per heavy atom. The van der Waals surface area contributed by atoms with Crippen molar-refractivity contribution < 1.29 is 9.53 Å². The largest absolute Gasteiger partial charge is 0.383 e. The van der Waals surface area contributed by atoms with E-state index in [0.717, 1.165) is 94.5 Å². The molecule has 4 heterocycles. The number of hydrogen-bond acceptors (Lipinski definition) is 9. The number of piperazine rings is 1. The Hall–Kier alpha value is -3.05. The number of piperidine rings is 1. The van der Waals surface area contributed by atoms with Crippen molar-refractivity contribution in [2.24, 2.45) is 16.8 Å². The summed E-state index contributed by atoms with van der Waals surface area (Å²) in [5, 5.41) is 11.6. The van der Waals surface area contributed by atoms with E-state index in [1.165, 1.54) is 12.8 Å². The second-order valence-electron chi connectivity index (χ2n) is 11.5. The van der Waals surface area contributed by atoms with Crippen LogP contribution in [0.4, 0.5) is 5.82 Å². The number of amides is 1. The lowest BCUT2D eigenvalue weighted by molar-refractivity contribution is -0.126. The van der Waals surface area contributed by atoms with Gasteiger partial charge in [0.05, 0.1) is 24.5 Å². The summed E-state index contributed by atoms with van der Waals surface area (Å²) in [6, 6.07) is -0.0200. The fraction of sp³-hybridized carbons (Fsp3) is 0.700. The Morgan fingerprint density at radius 3 is 2.80 bits per heavy atom. The number of nitrogens with zero attached hydrogens (tertiary/aromatic N) is 7. The van der Waals surface area contributed by atoms with Gasteiger partial charge in [0.1, 0.15) is 5.69 Å². The lowest BCUT2D eigenvalue weighted by Crippen LogP contribution is -2.48. The average Bonchev–Trinajstić information content (AvgIpc) is 3.39. The first-order chi connectivity index (χ1) is 19.9. The van der Waals surface area contributed by atoms with Gasteiger partial charge in [0.25, 0.3) is 5.78 Å². The molecule has 0 bridgehead atoms. The van der Waals surface area contributed by atoms with Crippen molar-refractivity contribution in [2.45, 2.75) is 64.8 Å². The van der Waals surface area contributed by atoms with Crippen LogP contribution in [-0.2, 0) is 16.0 Å². The highest BCUT2D eigenvalue weighted by molar-refractivity contribution is 5.79. The Morgan fingerprint density at radius 1 is 1.29 bits per heavy atom. The van der Waals surface area contributed by atoms with E-state index in [4.69, 9.17) is 19.8 Å². The molecule has 2 aromatic heterocycles. The lowest BCUT2D eigenvalue weighted by Gasteiger charge is -2.36. The maximum atomic E-state index is 12.7. The van der Waals surface area contributed by atoms with E-state index in [2.05, 4.69) is 45.9 Å². The number of rotatable bonds is 15. The number of nitrogens with one attached hydrogen (secondary N) is 2. The van der Waals surface area contributed by atoms with Gasteiger partial charge in [-0.3, -0.25) is 14.7 Å². The monoisotopic (exact) mass is 567 g/mol. The van der Waals surface area contributed by atoms with Crippen LogP contribution in [0.25, 0.3) is 5.78 Å². The molecule has 2 aromatic rings. The Kier molecular flexibility index (Phi) is 11.5. The van der Waals surface area contributed by atoms with Gasteiger partial charge in [-0.05, 0) is 25.2 Å². The highest BCUT2D eigenvalue weighted by Gasteiger charge is 2.28. The van der Waals surface area contributed by atoms with Gasteiger partial charge < -0.3 is 20.3 Å². The van der Waals surface area contributed by atoms with Crippen LogP contribution in [0.3, 0.4) is 0 Å². The number of aliphatic imine (C=N–C) groups is 1. The zero-order valence-electron chi connectivity index (χ0n) is 25.4. The maximum absolute atomic E-state index is 12.7. The quantitative estimate of drug-likeness (QED) is 0.316. The highest BCUT2D eigenvalue weighted by atomic mass is 16.5. The molecule has 2 aliphatic heterocycles. The summed E-state index contributed by atoms with van der Waals surface area (Å²) >= 11 is 0. The van der Waals surface area contributed by atoms with Crippen LogP contribution in [0.2, 0.25) is 0 Å². The van der Waals surface area contributed by atoms with Crippen molar-refractivity contribution in [2.75, 3.05) is 64.9 Å². The molecule has 2 aliphatic rings. The molecule has 2 saturated heterocycles. The summed E-state index contributed by atoms with van der Waals surface area (Å²) in [6.45, 7) is 14.6. The molecule has 11 heteroatoms. The van der Waals surface area contributed by atoms with Gasteiger partial charge >= 0.3 is 0 Å². The number of carbonyl (C=O) groups excluding carboxylic acids is 1. The van der Waals surface area contributed by atoms with E-state index in [-0.39, 0.29) is 17.9 Å². The molecule has 0 aromatic carbocycles. The Bertz CT molecular complexity index is 1170. The van der Waals surface area contributed by atoms with E-state index in [0.29, 0.717) is 18.1 Å². The fourth-order valence-electron chi connectivity index (χ4n) is 5.67. The summed E-state index contributed by atoms with van der Waals surface area (Å²) in [5.41, 5.74) is 2.51. The van der Waals surface area contributed by atoms with Crippen molar-refractivity contribution in [3.8, 4) is 0 Å². The molecule has 2 N–H and O–H groups in total. The van der Waals surface area contributed by atoms with E-state index in [1.54, 1.807) is 24.9 Å². The van der Waals surface area contributed by atoms with Gasteiger partial charge in [-0.25, -0.2) is 9.50 Å². The molecule has 41 heavy (non-hydrogen) atoms. The van der Waals surface area contributed by atoms with Crippen LogP contribution >= 0.6 is 0 Å². The number of hydrogen-bond donors (Lipinski definition) is 2. The van der Waals surface area contributed by atoms with Crippen molar-refractivity contribution in [3.63, 3.8) is 0 Å².